The molecule has 1 aromatic carbocycles. The molecule has 0 spiro atoms. The van der Waals surface area contributed by atoms with Crippen LogP contribution in [0.1, 0.15) is 24.2 Å². The SMILES string of the molecule is CC(C)(O)COc1c(Cl)cccc1C=O. The maximum Gasteiger partial charge on any atom is 0.153 e. The van der Waals surface area contributed by atoms with Crippen LogP contribution in [-0.2, 0) is 0 Å². The molecule has 0 unspecified atom stereocenters. The van der Waals surface area contributed by atoms with Gasteiger partial charge in [0.15, 0.2) is 6.29 Å². The molecule has 4 heteroatoms. The van der Waals surface area contributed by atoms with Crippen molar-refractivity contribution < 1.29 is 14.6 Å². The third-order valence-electron chi connectivity index (χ3n) is 1.69. The molecule has 1 aromatic rings. The number of ether oxygens (including phenoxy) is 1. The van der Waals surface area contributed by atoms with Gasteiger partial charge in [-0.05, 0) is 26.0 Å². The summed E-state index contributed by atoms with van der Waals surface area (Å²) in [6, 6.07) is 4.91. The van der Waals surface area contributed by atoms with Gasteiger partial charge in [0.2, 0.25) is 0 Å². The molecule has 0 aliphatic heterocycles. The van der Waals surface area contributed by atoms with E-state index in [4.69, 9.17) is 16.3 Å². The van der Waals surface area contributed by atoms with Crippen molar-refractivity contribution in [3.05, 3.63) is 28.8 Å². The molecular formula is C11H13ClO3. The number of benzene rings is 1. The molecule has 1 rings (SSSR count). The highest BCUT2D eigenvalue weighted by molar-refractivity contribution is 6.32. The third kappa shape index (κ3) is 3.53. The second kappa shape index (κ2) is 4.64. The summed E-state index contributed by atoms with van der Waals surface area (Å²) < 4.78 is 5.31. The summed E-state index contributed by atoms with van der Waals surface area (Å²) in [7, 11) is 0. The number of hydrogen-bond donors (Lipinski definition) is 1. The highest BCUT2D eigenvalue weighted by Crippen LogP contribution is 2.28. The van der Waals surface area contributed by atoms with Gasteiger partial charge in [0.25, 0.3) is 0 Å². The van der Waals surface area contributed by atoms with Crippen LogP contribution >= 0.6 is 11.6 Å². The standard InChI is InChI=1S/C11H13ClO3/c1-11(2,14)7-15-10-8(6-13)4-3-5-9(10)12/h3-6,14H,7H2,1-2H3. The molecule has 0 saturated carbocycles. The van der Waals surface area contributed by atoms with Crippen molar-refractivity contribution in [1.29, 1.82) is 0 Å². The van der Waals surface area contributed by atoms with E-state index in [9.17, 15) is 9.90 Å². The Bertz CT molecular complexity index is 355. The zero-order valence-corrected chi connectivity index (χ0v) is 9.41. The summed E-state index contributed by atoms with van der Waals surface area (Å²) in [6.45, 7) is 3.31. The first-order valence-electron chi connectivity index (χ1n) is 4.53. The summed E-state index contributed by atoms with van der Waals surface area (Å²) in [5.41, 5.74) is -0.578. The minimum absolute atomic E-state index is 0.0809. The first-order chi connectivity index (χ1) is 6.94. The molecule has 0 heterocycles. The van der Waals surface area contributed by atoms with Crippen LogP contribution in [-0.4, -0.2) is 23.6 Å². The Hall–Kier alpha value is -1.06. The number of hydrogen-bond acceptors (Lipinski definition) is 3. The molecule has 82 valence electrons. The van der Waals surface area contributed by atoms with Crippen LogP contribution in [0.5, 0.6) is 5.75 Å². The zero-order valence-electron chi connectivity index (χ0n) is 8.66. The summed E-state index contributed by atoms with van der Waals surface area (Å²) in [4.78, 5) is 10.7. The molecular weight excluding hydrogens is 216 g/mol. The van der Waals surface area contributed by atoms with Crippen LogP contribution in [0.4, 0.5) is 0 Å². The molecule has 0 aromatic heterocycles. The fourth-order valence-corrected chi connectivity index (χ4v) is 1.26. The number of para-hydroxylation sites is 1. The predicted octanol–water partition coefficient (Wildman–Crippen LogP) is 2.30. The van der Waals surface area contributed by atoms with Gasteiger partial charge in [-0.15, -0.1) is 0 Å². The van der Waals surface area contributed by atoms with Crippen LogP contribution < -0.4 is 4.74 Å². The van der Waals surface area contributed by atoms with E-state index in [1.165, 1.54) is 0 Å². The monoisotopic (exact) mass is 228 g/mol. The number of halogens is 1. The largest absolute Gasteiger partial charge is 0.488 e. The number of aliphatic hydroxyl groups is 1. The Morgan fingerprint density at radius 2 is 2.20 bits per heavy atom. The van der Waals surface area contributed by atoms with Gasteiger partial charge in [-0.2, -0.15) is 0 Å². The maximum absolute atomic E-state index is 10.7. The van der Waals surface area contributed by atoms with Gasteiger partial charge in [0, 0.05) is 0 Å². The van der Waals surface area contributed by atoms with Crippen LogP contribution in [0.3, 0.4) is 0 Å². The molecule has 0 aliphatic rings. The van der Waals surface area contributed by atoms with E-state index in [1.54, 1.807) is 32.0 Å². The van der Waals surface area contributed by atoms with Crippen LogP contribution in [0, 0.1) is 0 Å². The lowest BCUT2D eigenvalue weighted by Crippen LogP contribution is -2.28. The van der Waals surface area contributed by atoms with Crippen molar-refractivity contribution in [3.8, 4) is 5.75 Å². The highest BCUT2D eigenvalue weighted by atomic mass is 35.5. The molecule has 0 fully saturated rings. The Morgan fingerprint density at radius 3 is 2.73 bits per heavy atom. The van der Waals surface area contributed by atoms with Crippen molar-refractivity contribution in [2.24, 2.45) is 0 Å². The Morgan fingerprint density at radius 1 is 1.53 bits per heavy atom. The lowest BCUT2D eigenvalue weighted by atomic mass is 10.1. The van der Waals surface area contributed by atoms with Gasteiger partial charge in [-0.25, -0.2) is 0 Å². The van der Waals surface area contributed by atoms with E-state index in [-0.39, 0.29) is 6.61 Å². The molecule has 0 atom stereocenters. The lowest BCUT2D eigenvalue weighted by Gasteiger charge is -2.19. The van der Waals surface area contributed by atoms with Crippen LogP contribution in [0.15, 0.2) is 18.2 Å². The fraction of sp³-hybridized carbons (Fsp3) is 0.364. The first-order valence-corrected chi connectivity index (χ1v) is 4.91. The Labute approximate surface area is 93.6 Å². The van der Waals surface area contributed by atoms with Gasteiger partial charge < -0.3 is 9.84 Å². The Kier molecular flexibility index (Phi) is 3.72. The van der Waals surface area contributed by atoms with E-state index in [1.807, 2.05) is 0 Å². The van der Waals surface area contributed by atoms with E-state index >= 15 is 0 Å². The number of carbonyl (C=O) groups excluding carboxylic acids is 1. The molecule has 3 nitrogen and oxygen atoms in total. The lowest BCUT2D eigenvalue weighted by molar-refractivity contribution is 0.0282. The van der Waals surface area contributed by atoms with Crippen molar-refractivity contribution in [3.63, 3.8) is 0 Å². The van der Waals surface area contributed by atoms with Gasteiger partial charge >= 0.3 is 0 Å². The average molecular weight is 229 g/mol. The normalized spacial score (nSPS) is 11.2. The maximum atomic E-state index is 10.7. The minimum atomic E-state index is -0.959. The smallest absolute Gasteiger partial charge is 0.153 e. The number of carbonyl (C=O) groups is 1. The topological polar surface area (TPSA) is 46.5 Å². The third-order valence-corrected chi connectivity index (χ3v) is 1.99. The van der Waals surface area contributed by atoms with E-state index in [0.29, 0.717) is 22.6 Å². The Balaban J connectivity index is 2.88. The molecule has 0 bridgehead atoms. The average Bonchev–Trinajstić information content (AvgIpc) is 2.14. The summed E-state index contributed by atoms with van der Waals surface area (Å²) in [5, 5.41) is 9.84. The van der Waals surface area contributed by atoms with Gasteiger partial charge in [0.05, 0.1) is 16.2 Å². The second-order valence-corrected chi connectivity index (χ2v) is 4.28. The number of aldehydes is 1. The molecule has 15 heavy (non-hydrogen) atoms. The zero-order chi connectivity index (χ0) is 11.5. The van der Waals surface area contributed by atoms with E-state index in [0.717, 1.165) is 0 Å². The van der Waals surface area contributed by atoms with Gasteiger partial charge in [0.1, 0.15) is 12.4 Å². The predicted molar refractivity (Wildman–Crippen MR) is 58.6 cm³/mol. The summed E-state index contributed by atoms with van der Waals surface area (Å²) >= 11 is 5.87. The first kappa shape index (κ1) is 12.0. The van der Waals surface area contributed by atoms with E-state index in [2.05, 4.69) is 0 Å². The second-order valence-electron chi connectivity index (χ2n) is 3.88. The summed E-state index contributed by atoms with van der Waals surface area (Å²) in [6.07, 6.45) is 0.672. The van der Waals surface area contributed by atoms with Crippen molar-refractivity contribution in [2.75, 3.05) is 6.61 Å². The molecule has 1 N–H and O–H groups in total. The molecule has 0 aliphatic carbocycles. The van der Waals surface area contributed by atoms with Gasteiger partial charge in [-0.3, -0.25) is 4.79 Å². The summed E-state index contributed by atoms with van der Waals surface area (Å²) in [5.74, 6) is 0.316. The highest BCUT2D eigenvalue weighted by Gasteiger charge is 2.16. The number of rotatable bonds is 4. The van der Waals surface area contributed by atoms with E-state index < -0.39 is 5.60 Å². The van der Waals surface area contributed by atoms with Crippen LogP contribution in [0.25, 0.3) is 0 Å². The van der Waals surface area contributed by atoms with Crippen molar-refractivity contribution >= 4 is 17.9 Å². The van der Waals surface area contributed by atoms with Gasteiger partial charge in [-0.1, -0.05) is 17.7 Å². The van der Waals surface area contributed by atoms with Crippen molar-refractivity contribution in [2.45, 2.75) is 19.4 Å². The minimum Gasteiger partial charge on any atom is -0.488 e. The fourth-order valence-electron chi connectivity index (χ4n) is 1.02. The molecule has 0 saturated heterocycles. The van der Waals surface area contributed by atoms with Crippen LogP contribution in [0.2, 0.25) is 5.02 Å². The van der Waals surface area contributed by atoms with Crippen molar-refractivity contribution in [1.82, 2.24) is 0 Å². The molecule has 0 amide bonds. The molecule has 0 radical (unpaired) electrons. The quantitative estimate of drug-likeness (QED) is 0.805.